The molecule has 0 radical (unpaired) electrons. The van der Waals surface area contributed by atoms with Gasteiger partial charge in [-0.25, -0.2) is 0 Å². The van der Waals surface area contributed by atoms with Gasteiger partial charge in [-0.05, 0) is 58.7 Å². The smallest absolute Gasteiger partial charge is 0.255 e. The fourth-order valence-electron chi connectivity index (χ4n) is 2.03. The predicted octanol–water partition coefficient (Wildman–Crippen LogP) is 3.66. The Morgan fingerprint density at radius 1 is 1.19 bits per heavy atom. The minimum absolute atomic E-state index is 0.182. The third kappa shape index (κ3) is 3.55. The first-order valence-corrected chi connectivity index (χ1v) is 7.32. The van der Waals surface area contributed by atoms with Crippen molar-refractivity contribution in [2.45, 2.75) is 6.92 Å². The molecule has 2 aromatic carbocycles. The van der Waals surface area contributed by atoms with Crippen LogP contribution in [0.25, 0.3) is 0 Å². The second-order valence-corrected chi connectivity index (χ2v) is 5.96. The van der Waals surface area contributed by atoms with E-state index in [4.69, 9.17) is 5.73 Å². The Hall–Kier alpha value is -2.01. The van der Waals surface area contributed by atoms with Gasteiger partial charge in [0.1, 0.15) is 0 Å². The maximum Gasteiger partial charge on any atom is 0.255 e. The number of anilines is 3. The van der Waals surface area contributed by atoms with Crippen LogP contribution in [0.1, 0.15) is 15.9 Å². The lowest BCUT2D eigenvalue weighted by Gasteiger charge is -2.16. The van der Waals surface area contributed by atoms with Gasteiger partial charge < -0.3 is 16.0 Å². The lowest BCUT2D eigenvalue weighted by atomic mass is 10.1. The van der Waals surface area contributed by atoms with Gasteiger partial charge in [-0.15, -0.1) is 0 Å². The van der Waals surface area contributed by atoms with E-state index in [1.165, 1.54) is 0 Å². The Morgan fingerprint density at radius 2 is 1.90 bits per heavy atom. The molecule has 0 saturated carbocycles. The molecule has 0 heterocycles. The number of hydrogen-bond donors (Lipinski definition) is 2. The average molecular weight is 348 g/mol. The molecule has 0 saturated heterocycles. The number of carbonyl (C=O) groups excluding carboxylic acids is 1. The number of hydrogen-bond acceptors (Lipinski definition) is 3. The molecule has 2 aromatic rings. The molecule has 0 aliphatic carbocycles. The highest BCUT2D eigenvalue weighted by Gasteiger charge is 2.11. The van der Waals surface area contributed by atoms with Gasteiger partial charge in [-0.1, -0.05) is 6.07 Å². The van der Waals surface area contributed by atoms with Gasteiger partial charge in [-0.2, -0.15) is 0 Å². The Morgan fingerprint density at radius 3 is 2.52 bits per heavy atom. The van der Waals surface area contributed by atoms with Gasteiger partial charge in [0.15, 0.2) is 0 Å². The molecule has 0 aliphatic heterocycles. The minimum Gasteiger partial charge on any atom is -0.397 e. The van der Waals surface area contributed by atoms with Crippen molar-refractivity contribution >= 4 is 38.9 Å². The first-order valence-electron chi connectivity index (χ1n) is 6.53. The minimum atomic E-state index is -0.182. The SMILES string of the molecule is Cc1ccc(Br)c(NC(=O)c2ccc(N(C)C)c(N)c2)c1. The van der Waals surface area contributed by atoms with E-state index in [0.29, 0.717) is 11.3 Å². The third-order valence-electron chi connectivity index (χ3n) is 3.14. The summed E-state index contributed by atoms with van der Waals surface area (Å²) in [6.45, 7) is 1.98. The van der Waals surface area contributed by atoms with Crippen LogP contribution in [0.5, 0.6) is 0 Å². The summed E-state index contributed by atoms with van der Waals surface area (Å²) in [5, 5.41) is 2.89. The second-order valence-electron chi connectivity index (χ2n) is 5.11. The fraction of sp³-hybridized carbons (Fsp3) is 0.188. The maximum atomic E-state index is 12.3. The molecule has 0 fully saturated rings. The average Bonchev–Trinajstić information content (AvgIpc) is 2.42. The van der Waals surface area contributed by atoms with Gasteiger partial charge in [0, 0.05) is 24.1 Å². The maximum absolute atomic E-state index is 12.3. The van der Waals surface area contributed by atoms with E-state index in [1.807, 2.05) is 50.2 Å². The first kappa shape index (κ1) is 15.4. The van der Waals surface area contributed by atoms with Gasteiger partial charge in [-0.3, -0.25) is 4.79 Å². The van der Waals surface area contributed by atoms with Crippen LogP contribution in [-0.2, 0) is 0 Å². The third-order valence-corrected chi connectivity index (χ3v) is 3.83. The molecule has 0 aromatic heterocycles. The van der Waals surface area contributed by atoms with Crippen molar-refractivity contribution in [3.63, 3.8) is 0 Å². The molecule has 3 N–H and O–H groups in total. The zero-order valence-corrected chi connectivity index (χ0v) is 13.9. The number of nitrogens with two attached hydrogens (primary N) is 1. The largest absolute Gasteiger partial charge is 0.397 e. The second kappa shape index (κ2) is 6.18. The Balaban J connectivity index is 2.24. The van der Waals surface area contributed by atoms with Crippen LogP contribution >= 0.6 is 15.9 Å². The van der Waals surface area contributed by atoms with E-state index >= 15 is 0 Å². The van der Waals surface area contributed by atoms with Crippen molar-refractivity contribution in [3.8, 4) is 0 Å². The predicted molar refractivity (Wildman–Crippen MR) is 92.0 cm³/mol. The van der Waals surface area contributed by atoms with Crippen molar-refractivity contribution in [3.05, 3.63) is 52.0 Å². The zero-order valence-electron chi connectivity index (χ0n) is 12.3. The molecule has 110 valence electrons. The van der Waals surface area contributed by atoms with Gasteiger partial charge in [0.2, 0.25) is 0 Å². The number of rotatable bonds is 3. The van der Waals surface area contributed by atoms with Gasteiger partial charge >= 0.3 is 0 Å². The number of nitrogens with zero attached hydrogens (tertiary/aromatic N) is 1. The van der Waals surface area contributed by atoms with E-state index in [2.05, 4.69) is 21.2 Å². The van der Waals surface area contributed by atoms with Crippen molar-refractivity contribution in [1.29, 1.82) is 0 Å². The molecule has 4 nitrogen and oxygen atoms in total. The van der Waals surface area contributed by atoms with E-state index in [-0.39, 0.29) is 5.91 Å². The number of aryl methyl sites for hydroxylation is 1. The molecular formula is C16H18BrN3O. The van der Waals surface area contributed by atoms with Gasteiger partial charge in [0.05, 0.1) is 17.1 Å². The molecular weight excluding hydrogens is 330 g/mol. The van der Waals surface area contributed by atoms with Crippen LogP contribution in [-0.4, -0.2) is 20.0 Å². The molecule has 21 heavy (non-hydrogen) atoms. The van der Waals surface area contributed by atoms with Crippen LogP contribution < -0.4 is 16.0 Å². The number of amides is 1. The summed E-state index contributed by atoms with van der Waals surface area (Å²) in [5.41, 5.74) is 9.81. The van der Waals surface area contributed by atoms with E-state index in [1.54, 1.807) is 12.1 Å². The summed E-state index contributed by atoms with van der Waals surface area (Å²) in [6.07, 6.45) is 0. The summed E-state index contributed by atoms with van der Waals surface area (Å²) >= 11 is 3.43. The molecule has 0 spiro atoms. The molecule has 0 atom stereocenters. The van der Waals surface area contributed by atoms with E-state index in [0.717, 1.165) is 21.4 Å². The standard InChI is InChI=1S/C16H18BrN3O/c1-10-4-6-12(17)14(8-10)19-16(21)11-5-7-15(20(2)3)13(18)9-11/h4-9H,18H2,1-3H3,(H,19,21). The zero-order chi connectivity index (χ0) is 15.6. The normalized spacial score (nSPS) is 10.3. The lowest BCUT2D eigenvalue weighted by molar-refractivity contribution is 0.102. The monoisotopic (exact) mass is 347 g/mol. The van der Waals surface area contributed by atoms with Crippen molar-refractivity contribution in [2.75, 3.05) is 30.0 Å². The molecule has 0 aliphatic rings. The summed E-state index contributed by atoms with van der Waals surface area (Å²) in [7, 11) is 3.82. The fourth-order valence-corrected chi connectivity index (χ4v) is 2.38. The van der Waals surface area contributed by atoms with Crippen LogP contribution in [0.3, 0.4) is 0 Å². The van der Waals surface area contributed by atoms with Crippen LogP contribution in [0, 0.1) is 6.92 Å². The summed E-state index contributed by atoms with van der Waals surface area (Å²) in [4.78, 5) is 14.2. The Labute approximate surface area is 133 Å². The highest BCUT2D eigenvalue weighted by Crippen LogP contribution is 2.26. The number of carbonyl (C=O) groups is 1. The molecule has 0 bridgehead atoms. The van der Waals surface area contributed by atoms with Crippen molar-refractivity contribution in [1.82, 2.24) is 0 Å². The van der Waals surface area contributed by atoms with E-state index in [9.17, 15) is 4.79 Å². The van der Waals surface area contributed by atoms with Crippen molar-refractivity contribution < 1.29 is 4.79 Å². The van der Waals surface area contributed by atoms with Crippen LogP contribution in [0.4, 0.5) is 17.1 Å². The molecule has 1 amide bonds. The van der Waals surface area contributed by atoms with Crippen LogP contribution in [0.15, 0.2) is 40.9 Å². The number of nitrogens with one attached hydrogen (secondary N) is 1. The van der Waals surface area contributed by atoms with E-state index < -0.39 is 0 Å². The molecule has 0 unspecified atom stereocenters. The highest BCUT2D eigenvalue weighted by atomic mass is 79.9. The first-order chi connectivity index (χ1) is 9.88. The highest BCUT2D eigenvalue weighted by molar-refractivity contribution is 9.10. The number of nitrogen functional groups attached to an aromatic ring is 1. The summed E-state index contributed by atoms with van der Waals surface area (Å²) in [6, 6.07) is 11.1. The lowest BCUT2D eigenvalue weighted by Crippen LogP contribution is -2.15. The van der Waals surface area contributed by atoms with Crippen molar-refractivity contribution in [2.24, 2.45) is 0 Å². The number of halogens is 1. The quantitative estimate of drug-likeness (QED) is 0.833. The summed E-state index contributed by atoms with van der Waals surface area (Å²) in [5.74, 6) is -0.182. The topological polar surface area (TPSA) is 58.4 Å². The number of benzene rings is 2. The molecule has 2 rings (SSSR count). The molecule has 5 heteroatoms. The Bertz CT molecular complexity index is 683. The Kier molecular flexibility index (Phi) is 4.53. The summed E-state index contributed by atoms with van der Waals surface area (Å²) < 4.78 is 0.847. The van der Waals surface area contributed by atoms with Crippen LogP contribution in [0.2, 0.25) is 0 Å². The van der Waals surface area contributed by atoms with Gasteiger partial charge in [0.25, 0.3) is 5.91 Å².